The molecule has 38 heteroatoms. The molecule has 0 saturated carbocycles. The van der Waals surface area contributed by atoms with E-state index in [1.54, 1.807) is 0 Å². The Kier molecular flexibility index (Phi) is 23.1. The van der Waals surface area contributed by atoms with Crippen molar-refractivity contribution >= 4 is 186 Å². The van der Waals surface area contributed by atoms with Gasteiger partial charge in [-0.3, -0.25) is 0 Å². The second kappa shape index (κ2) is 34.7. The van der Waals surface area contributed by atoms with Gasteiger partial charge >= 0.3 is 71.2 Å². The van der Waals surface area contributed by atoms with Crippen molar-refractivity contribution in [2.24, 2.45) is 0 Å². The van der Waals surface area contributed by atoms with Gasteiger partial charge in [-0.25, -0.2) is 0 Å². The highest BCUT2D eigenvalue weighted by Gasteiger charge is 2.44. The van der Waals surface area contributed by atoms with Gasteiger partial charge in [-0.15, -0.1) is 0 Å². The average Bonchev–Trinajstić information content (AvgIpc) is 1.64. The van der Waals surface area contributed by atoms with Crippen LogP contribution in [0.25, 0.3) is 21.5 Å². The van der Waals surface area contributed by atoms with Gasteiger partial charge in [0.1, 0.15) is 112 Å². The Labute approximate surface area is 749 Å². The Morgan fingerprint density at radius 1 is 0.195 bits per heavy atom. The first-order valence-corrected chi connectivity index (χ1v) is 40.8. The van der Waals surface area contributed by atoms with Crippen molar-refractivity contribution < 1.29 is 93.1 Å². The Bertz CT molecular complexity index is 6140. The highest BCUT2D eigenvalue weighted by atomic mass is 35.5. The van der Waals surface area contributed by atoms with Crippen LogP contribution in [-0.4, -0.2) is 71.2 Å². The minimum atomic E-state index is -1.06. The summed E-state index contributed by atoms with van der Waals surface area (Å²) in [5, 5.41) is 4.79. The molecule has 0 amide bonds. The van der Waals surface area contributed by atoms with Gasteiger partial charge in [0, 0.05) is 0 Å². The quantitative estimate of drug-likeness (QED) is 0.0603. The number of hydrogen-bond donors (Lipinski definition) is 0. The van der Waals surface area contributed by atoms with Crippen LogP contribution in [0.3, 0.4) is 0 Å². The van der Waals surface area contributed by atoms with Crippen molar-refractivity contribution in [1.29, 1.82) is 0 Å². The summed E-state index contributed by atoms with van der Waals surface area (Å²) >= 11 is 48.4. The Morgan fingerprint density at radius 3 is 0.602 bits per heavy atom. The molecule has 0 spiro atoms. The molecule has 123 heavy (non-hydrogen) atoms. The molecule has 0 saturated heterocycles. The van der Waals surface area contributed by atoms with E-state index >= 15 is 0 Å². The molecule has 0 aliphatic carbocycles. The summed E-state index contributed by atoms with van der Waals surface area (Å²) in [6.45, 7) is 12.5. The van der Waals surface area contributed by atoms with Crippen molar-refractivity contribution in [2.45, 2.75) is 47.0 Å². The molecule has 0 atom stereocenters. The summed E-state index contributed by atoms with van der Waals surface area (Å²) in [5.41, 5.74) is 4.59. The van der Waals surface area contributed by atoms with Crippen molar-refractivity contribution in [3.05, 3.63) is 257 Å². The lowest BCUT2D eigenvalue weighted by Crippen LogP contribution is -2.27. The maximum Gasteiger partial charge on any atom is 0.689 e. The zero-order chi connectivity index (χ0) is 84.9. The van der Waals surface area contributed by atoms with Gasteiger partial charge in [-0.1, -0.05) is 269 Å². The average molecular weight is 1780 g/mol. The molecular weight excluding hydrogens is 1730 g/mol. The van der Waals surface area contributed by atoms with Gasteiger partial charge in [-0.2, -0.15) is 0 Å². The summed E-state index contributed by atoms with van der Waals surface area (Å²) in [7, 11) is -7.28. The van der Waals surface area contributed by atoms with Crippen LogP contribution in [0.1, 0.15) is 43.0 Å². The zero-order valence-corrected chi connectivity index (χ0v) is 71.0. The molecule has 0 N–H and O–H groups in total. The lowest BCUT2D eigenvalue weighted by molar-refractivity contribution is 0.516. The molecule has 10 aliphatic heterocycles. The number of rotatable bonds is 0. The van der Waals surface area contributed by atoms with Gasteiger partial charge in [0.05, 0.1) is 20.1 Å². The predicted octanol–water partition coefficient (Wildman–Crippen LogP) is 19.7. The van der Waals surface area contributed by atoms with Crippen molar-refractivity contribution in [1.82, 2.24) is 0 Å². The van der Waals surface area contributed by atoms with E-state index in [-0.39, 0.29) is 68.6 Å². The maximum atomic E-state index is 6.10. The summed E-state index contributed by atoms with van der Waals surface area (Å²) in [6, 6.07) is 62.3. The zero-order valence-electron chi connectivity index (χ0n) is 64.9. The van der Waals surface area contributed by atoms with Crippen LogP contribution in [0.15, 0.2) is 194 Å². The van der Waals surface area contributed by atoms with E-state index in [9.17, 15) is 0 Å². The monoisotopic (exact) mass is 1780 g/mol. The summed E-state index contributed by atoms with van der Waals surface area (Å²) < 4.78 is 113. The standard InChI is InChI=1S/C22H12B2O4.C19H18B2O4.C16H12B2O4.C14B2Cl8O4.C14H8B2O4/c1-2-6-16-12-20-19(11-15(16)5-1)25-23(26-20)9-10-24-27-21-13-17-7-3-4-8-18(17)14-22(21)28-24;1-13-5-7-15-17(11-13)24-20(22-15)9-10-21-23-16-8-6-14(19(2,3)4)12-18(16)25-21;1-11-3-5-13-15(9-11)21-17(19-13)7-8-18-20-14-6-4-12(2)10-16(14)22-18;17-3-4(18)8(22)12-11(7(3)21)25-15(26-12)1-2-16-27-13-9(23)5(19)6(20)10(24)14(13)28-16;1-2-6-12-11(5-1)17-15(18-12)9-10-16-19-13-7-3-4-8-14(13)20-16/h1-8,11-14H;5-8,11-12H,1-4H3;3-6,9-10H,1-2H3;;1-8H. The lowest BCUT2D eigenvalue weighted by Gasteiger charge is -2.19. The highest BCUT2D eigenvalue weighted by Crippen LogP contribution is 2.55. The summed E-state index contributed by atoms with van der Waals surface area (Å²) in [4.78, 5) is 0. The fourth-order valence-electron chi connectivity index (χ4n) is 13.0. The van der Waals surface area contributed by atoms with Gasteiger partial charge in [0.2, 0.25) is 0 Å². The Balaban J connectivity index is 0.000000105. The van der Waals surface area contributed by atoms with Crippen molar-refractivity contribution in [3.8, 4) is 173 Å². The largest absolute Gasteiger partial charge is 0.689 e. The fraction of sp³-hybridized carbons (Fsp3) is 0.0824. The number of halogens is 8. The lowest BCUT2D eigenvalue weighted by atomic mass is 9.84. The second-order valence-corrected chi connectivity index (χ2v) is 31.9. The number of fused-ring (bicyclic) bond motifs is 12. The number of hydrogen-bond acceptors (Lipinski definition) is 20. The minimum Gasteiger partial charge on any atom is -0.512 e. The van der Waals surface area contributed by atoms with Gasteiger partial charge < -0.3 is 93.1 Å². The van der Waals surface area contributed by atoms with Crippen molar-refractivity contribution in [3.63, 3.8) is 0 Å². The molecule has 0 aromatic heterocycles. The summed E-state index contributed by atoms with van der Waals surface area (Å²) in [5.74, 6) is 40.4. The van der Waals surface area contributed by atoms with E-state index in [1.807, 2.05) is 209 Å². The van der Waals surface area contributed by atoms with Gasteiger partial charge in [0.25, 0.3) is 0 Å². The predicted molar refractivity (Wildman–Crippen MR) is 481 cm³/mol. The van der Waals surface area contributed by atoms with Gasteiger partial charge in [-0.05, 0) is 167 Å². The van der Waals surface area contributed by atoms with Gasteiger partial charge in [0.15, 0.2) is 23.0 Å². The molecule has 0 unspecified atom stereocenters. The van der Waals surface area contributed by atoms with E-state index < -0.39 is 71.2 Å². The maximum absolute atomic E-state index is 6.10. The van der Waals surface area contributed by atoms with E-state index in [2.05, 4.69) is 85.0 Å². The molecule has 0 fully saturated rings. The Morgan fingerprint density at radius 2 is 0.374 bits per heavy atom. The van der Waals surface area contributed by atoms with Crippen LogP contribution in [0.4, 0.5) is 0 Å². The van der Waals surface area contributed by atoms with Crippen LogP contribution < -0.4 is 93.1 Å². The summed E-state index contributed by atoms with van der Waals surface area (Å²) in [6.07, 6.45) is 0. The third-order valence-electron chi connectivity index (χ3n) is 19.0. The first-order chi connectivity index (χ1) is 59.4. The molecular formula is C85H50B10Cl8O20. The van der Waals surface area contributed by atoms with Crippen LogP contribution in [0.5, 0.6) is 115 Å². The smallest absolute Gasteiger partial charge is 0.512 e. The Hall–Kier alpha value is -12.1. The van der Waals surface area contributed by atoms with Crippen LogP contribution in [0, 0.1) is 79.0 Å². The highest BCUT2D eigenvalue weighted by molar-refractivity contribution is 6.68. The number of para-hydroxylation sites is 4. The number of aryl methyl sites for hydroxylation is 3. The second-order valence-electron chi connectivity index (χ2n) is 28.9. The minimum absolute atomic E-state index is 0.0419. The molecule has 20 nitrogen and oxygen atoms in total. The van der Waals surface area contributed by atoms with Crippen LogP contribution in [0.2, 0.25) is 40.2 Å². The third kappa shape index (κ3) is 18.0. The van der Waals surface area contributed by atoms with Crippen LogP contribution >= 0.6 is 92.8 Å². The molecule has 12 aromatic rings. The number of benzene rings is 12. The molecule has 22 rings (SSSR count). The normalized spacial score (nSPS) is 13.9. The van der Waals surface area contributed by atoms with E-state index in [0.717, 1.165) is 44.0 Å². The van der Waals surface area contributed by atoms with E-state index in [0.29, 0.717) is 86.2 Å². The molecule has 596 valence electrons. The van der Waals surface area contributed by atoms with Crippen molar-refractivity contribution in [2.75, 3.05) is 0 Å². The molecule has 10 heterocycles. The molecule has 12 aromatic carbocycles. The first kappa shape index (κ1) is 81.9. The third-order valence-corrected chi connectivity index (χ3v) is 22.6. The fourth-order valence-corrected chi connectivity index (χ4v) is 14.8. The van der Waals surface area contributed by atoms with Crippen LogP contribution in [-0.2, 0) is 5.41 Å². The van der Waals surface area contributed by atoms with E-state index in [1.165, 1.54) is 5.56 Å². The topological polar surface area (TPSA) is 185 Å². The first-order valence-electron chi connectivity index (χ1n) is 37.8. The molecule has 0 radical (unpaired) electrons. The molecule has 10 aliphatic rings. The SMILES string of the molecule is C(#CB1Oc2cc3ccccc3cc2O1)B1Oc2cc3ccccc3cc2O1.C(#CB1Oc2ccccc2O1)B1Oc2ccccc2O1.Cc1ccc2c(c1)OB(C#CB1Oc3ccc(C(C)(C)C)cc3O1)O2.Cc1ccc2c(c1)OB(C#CB1Oc3ccc(C)cc3O1)O2.Clc1c(Cl)c(Cl)c2c(c1Cl)OB(C#CB1Oc3c(Cl)c(Cl)c(Cl)c(Cl)c3O1)O2. The van der Waals surface area contributed by atoms with E-state index in [4.69, 9.17) is 186 Å². The molecule has 0 bridgehead atoms.